The molecule has 0 aromatic carbocycles. The van der Waals surface area contributed by atoms with Crippen molar-refractivity contribution in [1.29, 1.82) is 0 Å². The van der Waals surface area contributed by atoms with Crippen molar-refractivity contribution in [3.05, 3.63) is 23.0 Å². The van der Waals surface area contributed by atoms with Crippen LogP contribution < -0.4 is 0 Å². The van der Waals surface area contributed by atoms with Crippen LogP contribution in [0.2, 0.25) is 0 Å². The van der Waals surface area contributed by atoms with Crippen LogP contribution in [-0.2, 0) is 11.8 Å². The lowest BCUT2D eigenvalue weighted by Gasteiger charge is -2.59. The molecule has 0 spiro atoms. The van der Waals surface area contributed by atoms with E-state index in [0.29, 0.717) is 29.0 Å². The lowest BCUT2D eigenvalue weighted by Crippen LogP contribution is -2.54. The molecular weight excluding hydrogens is 360 g/mol. The number of aliphatic hydroxyl groups excluding tert-OH is 1. The van der Waals surface area contributed by atoms with Gasteiger partial charge in [-0.3, -0.25) is 9.48 Å². The summed E-state index contributed by atoms with van der Waals surface area (Å²) in [5.41, 5.74) is 3.30. The van der Waals surface area contributed by atoms with Crippen molar-refractivity contribution in [3.8, 4) is 0 Å². The Balaban J connectivity index is 1.46. The van der Waals surface area contributed by atoms with Gasteiger partial charge in [-0.25, -0.2) is 0 Å². The number of hydrogen-bond donors (Lipinski definition) is 1. The molecule has 0 unspecified atom stereocenters. The van der Waals surface area contributed by atoms with Gasteiger partial charge in [0.2, 0.25) is 0 Å². The van der Waals surface area contributed by atoms with Crippen LogP contribution in [0.5, 0.6) is 0 Å². The van der Waals surface area contributed by atoms with Crippen molar-refractivity contribution < 1.29 is 9.90 Å². The molecule has 0 saturated heterocycles. The van der Waals surface area contributed by atoms with Gasteiger partial charge in [-0.2, -0.15) is 5.10 Å². The van der Waals surface area contributed by atoms with Gasteiger partial charge in [0.1, 0.15) is 0 Å². The zero-order chi connectivity index (χ0) is 20.6. The SMILES string of the molecule is Cc1nn(C)cc1/C=C1/C[C@H]2[C@@H]3CC[C@H]4C[C@@H](O)CC[C@]4(C)[C@H]3CC[C@]2(C)C1=O. The molecule has 0 aliphatic heterocycles. The van der Waals surface area contributed by atoms with E-state index in [1.807, 2.05) is 24.9 Å². The highest BCUT2D eigenvalue weighted by atomic mass is 16.3. The minimum atomic E-state index is -0.180. The molecule has 1 aromatic heterocycles. The average molecular weight is 397 g/mol. The third-order valence-electron chi connectivity index (χ3n) is 9.66. The number of nitrogens with zero attached hydrogens (tertiary/aromatic N) is 2. The number of Topliss-reactive ketones (excluding diaryl/α,β-unsaturated/α-hetero) is 1. The first-order valence-corrected chi connectivity index (χ1v) is 11.7. The van der Waals surface area contributed by atoms with Crippen LogP contribution in [0.3, 0.4) is 0 Å². The van der Waals surface area contributed by atoms with Crippen molar-refractivity contribution in [2.45, 2.75) is 78.2 Å². The molecule has 4 nitrogen and oxygen atoms in total. The highest BCUT2D eigenvalue weighted by Crippen LogP contribution is 2.66. The summed E-state index contributed by atoms with van der Waals surface area (Å²) in [6.07, 6.45) is 12.8. The molecule has 0 radical (unpaired) electrons. The topological polar surface area (TPSA) is 55.1 Å². The third-order valence-corrected chi connectivity index (χ3v) is 9.66. The molecule has 4 aliphatic rings. The summed E-state index contributed by atoms with van der Waals surface area (Å²) < 4.78 is 1.84. The number of rotatable bonds is 1. The Morgan fingerprint density at radius 1 is 1.17 bits per heavy atom. The Kier molecular flexibility index (Phi) is 4.40. The van der Waals surface area contributed by atoms with Gasteiger partial charge in [-0.15, -0.1) is 0 Å². The second-order valence-corrected chi connectivity index (χ2v) is 11.1. The Morgan fingerprint density at radius 2 is 1.97 bits per heavy atom. The molecule has 5 rings (SSSR count). The molecule has 7 atom stereocenters. The Labute approximate surface area is 174 Å². The zero-order valence-corrected chi connectivity index (χ0v) is 18.4. The largest absolute Gasteiger partial charge is 0.393 e. The molecule has 29 heavy (non-hydrogen) atoms. The van der Waals surface area contributed by atoms with E-state index in [-0.39, 0.29) is 11.5 Å². The second kappa shape index (κ2) is 6.54. The van der Waals surface area contributed by atoms with E-state index in [1.165, 1.54) is 19.3 Å². The standard InChI is InChI=1S/C25H36N2O2/c1-15-17(14-27(4)26-15)11-16-12-22-20-6-5-18-13-19(28)7-9-24(18,2)21(20)8-10-25(22,3)23(16)29/h11,14,18-22,28H,5-10,12-13H2,1-4H3/b16-11-/t18-,19-,20+,21-,22-,24-,25-/m0/s1. The van der Waals surface area contributed by atoms with E-state index in [2.05, 4.69) is 25.0 Å². The number of aromatic nitrogens is 2. The predicted octanol–water partition coefficient (Wildman–Crippen LogP) is 4.69. The summed E-state index contributed by atoms with van der Waals surface area (Å²) >= 11 is 0. The number of aryl methyl sites for hydroxylation is 2. The summed E-state index contributed by atoms with van der Waals surface area (Å²) in [6.45, 7) is 6.79. The minimum absolute atomic E-state index is 0.0937. The van der Waals surface area contributed by atoms with Crippen LogP contribution >= 0.6 is 0 Å². The number of fused-ring (bicyclic) bond motifs is 5. The molecule has 1 heterocycles. The van der Waals surface area contributed by atoms with Gasteiger partial charge >= 0.3 is 0 Å². The Hall–Kier alpha value is -1.42. The van der Waals surface area contributed by atoms with Gasteiger partial charge in [0.05, 0.1) is 11.8 Å². The van der Waals surface area contributed by atoms with E-state index in [4.69, 9.17) is 0 Å². The molecule has 1 N–H and O–H groups in total. The van der Waals surface area contributed by atoms with E-state index in [1.54, 1.807) is 0 Å². The first-order chi connectivity index (χ1) is 13.7. The van der Waals surface area contributed by atoms with Gasteiger partial charge in [0, 0.05) is 24.2 Å². The number of hydrogen-bond acceptors (Lipinski definition) is 3. The average Bonchev–Trinajstić information content (AvgIpc) is 3.12. The Bertz CT molecular complexity index is 870. The van der Waals surface area contributed by atoms with Crippen LogP contribution in [0.15, 0.2) is 11.8 Å². The van der Waals surface area contributed by atoms with Crippen molar-refractivity contribution >= 4 is 11.9 Å². The van der Waals surface area contributed by atoms with Crippen molar-refractivity contribution in [2.75, 3.05) is 0 Å². The van der Waals surface area contributed by atoms with Crippen LogP contribution in [0, 0.1) is 41.4 Å². The van der Waals surface area contributed by atoms with Gasteiger partial charge in [0.15, 0.2) is 5.78 Å². The zero-order valence-electron chi connectivity index (χ0n) is 18.4. The van der Waals surface area contributed by atoms with Crippen molar-refractivity contribution in [2.24, 2.45) is 41.5 Å². The van der Waals surface area contributed by atoms with Crippen LogP contribution in [0.4, 0.5) is 0 Å². The minimum Gasteiger partial charge on any atom is -0.393 e. The summed E-state index contributed by atoms with van der Waals surface area (Å²) in [6, 6.07) is 0. The molecule has 1 aromatic rings. The van der Waals surface area contributed by atoms with E-state index in [0.717, 1.165) is 54.9 Å². The normalized spacial score (nSPS) is 45.8. The van der Waals surface area contributed by atoms with Gasteiger partial charge in [-0.1, -0.05) is 13.8 Å². The lowest BCUT2D eigenvalue weighted by molar-refractivity contribution is -0.141. The molecule has 158 valence electrons. The number of ketones is 1. The maximum atomic E-state index is 13.5. The fraction of sp³-hybridized carbons (Fsp3) is 0.760. The fourth-order valence-electron chi connectivity index (χ4n) is 7.98. The molecule has 4 aliphatic carbocycles. The summed E-state index contributed by atoms with van der Waals surface area (Å²) in [7, 11) is 1.94. The van der Waals surface area contributed by atoms with Gasteiger partial charge in [0.25, 0.3) is 0 Å². The van der Waals surface area contributed by atoms with E-state index < -0.39 is 0 Å². The fourth-order valence-corrected chi connectivity index (χ4v) is 7.98. The highest BCUT2D eigenvalue weighted by Gasteiger charge is 2.61. The third kappa shape index (κ3) is 2.81. The quantitative estimate of drug-likeness (QED) is 0.701. The summed E-state index contributed by atoms with van der Waals surface area (Å²) in [5, 5.41) is 14.7. The summed E-state index contributed by atoms with van der Waals surface area (Å²) in [5.74, 6) is 2.94. The first kappa shape index (κ1) is 19.5. The smallest absolute Gasteiger partial charge is 0.165 e. The number of carbonyl (C=O) groups is 1. The Morgan fingerprint density at radius 3 is 2.69 bits per heavy atom. The maximum absolute atomic E-state index is 13.5. The molecule has 4 heteroatoms. The van der Waals surface area contributed by atoms with Crippen LogP contribution in [0.25, 0.3) is 6.08 Å². The molecule has 4 fully saturated rings. The van der Waals surface area contributed by atoms with E-state index in [9.17, 15) is 9.90 Å². The molecule has 0 amide bonds. The van der Waals surface area contributed by atoms with Gasteiger partial charge < -0.3 is 5.11 Å². The van der Waals surface area contributed by atoms with Crippen LogP contribution in [-0.4, -0.2) is 26.8 Å². The maximum Gasteiger partial charge on any atom is 0.165 e. The first-order valence-electron chi connectivity index (χ1n) is 11.7. The van der Waals surface area contributed by atoms with E-state index >= 15 is 0 Å². The molecule has 4 saturated carbocycles. The predicted molar refractivity (Wildman–Crippen MR) is 114 cm³/mol. The number of carbonyl (C=O) groups excluding carboxylic acids is 1. The second-order valence-electron chi connectivity index (χ2n) is 11.1. The number of aliphatic hydroxyl groups is 1. The van der Waals surface area contributed by atoms with Crippen LogP contribution in [0.1, 0.15) is 76.5 Å². The van der Waals surface area contributed by atoms with Crippen molar-refractivity contribution in [1.82, 2.24) is 9.78 Å². The highest BCUT2D eigenvalue weighted by molar-refractivity contribution is 6.06. The van der Waals surface area contributed by atoms with Crippen molar-refractivity contribution in [3.63, 3.8) is 0 Å². The summed E-state index contributed by atoms with van der Waals surface area (Å²) in [4.78, 5) is 13.5. The molecular formula is C25H36N2O2. The molecule has 0 bridgehead atoms. The lowest BCUT2D eigenvalue weighted by atomic mass is 9.45. The number of allylic oxidation sites excluding steroid dienone is 1. The monoisotopic (exact) mass is 396 g/mol. The van der Waals surface area contributed by atoms with Gasteiger partial charge in [-0.05, 0) is 99.0 Å².